The molecular weight excluding hydrogens is 226 g/mol. The number of amides is 1. The van der Waals surface area contributed by atoms with Crippen molar-refractivity contribution < 1.29 is 4.79 Å². The van der Waals surface area contributed by atoms with Gasteiger partial charge >= 0.3 is 0 Å². The lowest BCUT2D eigenvalue weighted by Crippen LogP contribution is -2.44. The smallest absolute Gasteiger partial charge is 0.234 e. The second-order valence-electron chi connectivity index (χ2n) is 5.73. The number of nitrogens with one attached hydrogen (secondary N) is 2. The molecule has 1 aliphatic heterocycles. The van der Waals surface area contributed by atoms with Crippen molar-refractivity contribution in [1.29, 1.82) is 0 Å². The topological polar surface area (TPSA) is 44.4 Å². The highest BCUT2D eigenvalue weighted by Crippen LogP contribution is 2.08. The van der Waals surface area contributed by atoms with Gasteiger partial charge in [-0.1, -0.05) is 20.8 Å². The summed E-state index contributed by atoms with van der Waals surface area (Å²) in [6.07, 6.45) is 3.51. The molecule has 1 aliphatic rings. The highest BCUT2D eigenvalue weighted by Gasteiger charge is 2.20. The molecule has 1 unspecified atom stereocenters. The summed E-state index contributed by atoms with van der Waals surface area (Å²) in [7, 11) is 0. The third kappa shape index (κ3) is 6.36. The Morgan fingerprint density at radius 1 is 1.50 bits per heavy atom. The summed E-state index contributed by atoms with van der Waals surface area (Å²) in [4.78, 5) is 14.1. The number of hydrogen-bond donors (Lipinski definition) is 2. The molecule has 4 heteroatoms. The minimum absolute atomic E-state index is 0.162. The largest absolute Gasteiger partial charge is 0.355 e. The van der Waals surface area contributed by atoms with Crippen LogP contribution in [0.2, 0.25) is 0 Å². The molecule has 0 spiro atoms. The summed E-state index contributed by atoms with van der Waals surface area (Å²) in [6.45, 7) is 10.9. The maximum absolute atomic E-state index is 11.8. The Kier molecular flexibility index (Phi) is 7.28. The molecule has 1 amide bonds. The van der Waals surface area contributed by atoms with Crippen molar-refractivity contribution in [2.45, 2.75) is 46.1 Å². The number of nitrogens with zero attached hydrogens (tertiary/aromatic N) is 1. The number of hydrogen-bond acceptors (Lipinski definition) is 3. The third-order valence-electron chi connectivity index (χ3n) is 3.20. The Hall–Kier alpha value is -0.610. The Morgan fingerprint density at radius 2 is 2.28 bits per heavy atom. The molecule has 4 nitrogen and oxygen atoms in total. The molecule has 18 heavy (non-hydrogen) atoms. The standard InChI is InChI=1S/C14H29N3O/c1-4-7-16-14(18)11-17(9-12(2)3)10-13-6-5-8-15-13/h12-13,15H,4-11H2,1-3H3,(H,16,18). The molecule has 0 saturated carbocycles. The average Bonchev–Trinajstić information content (AvgIpc) is 2.78. The molecule has 1 rings (SSSR count). The predicted molar refractivity (Wildman–Crippen MR) is 75.6 cm³/mol. The van der Waals surface area contributed by atoms with Crippen LogP contribution in [0.25, 0.3) is 0 Å². The second-order valence-corrected chi connectivity index (χ2v) is 5.73. The Labute approximate surface area is 111 Å². The van der Waals surface area contributed by atoms with Crippen molar-refractivity contribution in [3.05, 3.63) is 0 Å². The molecule has 0 radical (unpaired) electrons. The van der Waals surface area contributed by atoms with Crippen molar-refractivity contribution in [2.75, 3.05) is 32.7 Å². The normalized spacial score (nSPS) is 19.7. The molecule has 0 aliphatic carbocycles. The Morgan fingerprint density at radius 3 is 2.83 bits per heavy atom. The molecule has 106 valence electrons. The Balaban J connectivity index is 2.36. The van der Waals surface area contributed by atoms with Crippen molar-refractivity contribution in [2.24, 2.45) is 5.92 Å². The van der Waals surface area contributed by atoms with E-state index in [2.05, 4.69) is 36.3 Å². The zero-order chi connectivity index (χ0) is 13.4. The van der Waals surface area contributed by atoms with Crippen LogP contribution in [0.1, 0.15) is 40.0 Å². The number of carbonyl (C=O) groups is 1. The van der Waals surface area contributed by atoms with Gasteiger partial charge in [0.1, 0.15) is 0 Å². The second kappa shape index (κ2) is 8.48. The fourth-order valence-electron chi connectivity index (χ4n) is 2.47. The molecule has 1 saturated heterocycles. The molecule has 0 aromatic rings. The summed E-state index contributed by atoms with van der Waals surface area (Å²) in [5.74, 6) is 0.765. The first-order valence-electron chi connectivity index (χ1n) is 7.34. The van der Waals surface area contributed by atoms with Gasteiger partial charge in [-0.3, -0.25) is 9.69 Å². The van der Waals surface area contributed by atoms with Crippen molar-refractivity contribution in [3.63, 3.8) is 0 Å². The minimum Gasteiger partial charge on any atom is -0.355 e. The van der Waals surface area contributed by atoms with E-state index in [0.29, 0.717) is 18.5 Å². The first-order chi connectivity index (χ1) is 8.61. The predicted octanol–water partition coefficient (Wildman–Crippen LogP) is 1.22. The monoisotopic (exact) mass is 255 g/mol. The zero-order valence-electron chi connectivity index (χ0n) is 12.2. The summed E-state index contributed by atoms with van der Waals surface area (Å²) >= 11 is 0. The van der Waals surface area contributed by atoms with E-state index in [4.69, 9.17) is 0 Å². The van der Waals surface area contributed by atoms with Crippen LogP contribution in [0.5, 0.6) is 0 Å². The van der Waals surface area contributed by atoms with Gasteiger partial charge in [0.25, 0.3) is 0 Å². The maximum Gasteiger partial charge on any atom is 0.234 e. The molecular formula is C14H29N3O. The van der Waals surface area contributed by atoms with Crippen molar-refractivity contribution >= 4 is 5.91 Å². The molecule has 1 atom stereocenters. The number of carbonyl (C=O) groups excluding carboxylic acids is 1. The van der Waals surface area contributed by atoms with Crippen LogP contribution >= 0.6 is 0 Å². The van der Waals surface area contributed by atoms with E-state index in [1.807, 2.05) is 0 Å². The van der Waals surface area contributed by atoms with Gasteiger partial charge in [-0.25, -0.2) is 0 Å². The quantitative estimate of drug-likeness (QED) is 0.685. The summed E-state index contributed by atoms with van der Waals surface area (Å²) in [5.41, 5.74) is 0. The highest BCUT2D eigenvalue weighted by atomic mass is 16.2. The van der Waals surface area contributed by atoms with E-state index < -0.39 is 0 Å². The zero-order valence-corrected chi connectivity index (χ0v) is 12.2. The van der Waals surface area contributed by atoms with E-state index in [1.165, 1.54) is 12.8 Å². The maximum atomic E-state index is 11.8. The van der Waals surface area contributed by atoms with Gasteiger partial charge in [-0.2, -0.15) is 0 Å². The van der Waals surface area contributed by atoms with Crippen LogP contribution in [0.3, 0.4) is 0 Å². The number of rotatable bonds is 8. The summed E-state index contributed by atoms with van der Waals surface area (Å²) in [6, 6.07) is 0.572. The SMILES string of the molecule is CCCNC(=O)CN(CC(C)C)CC1CCCN1. The third-order valence-corrected chi connectivity index (χ3v) is 3.20. The van der Waals surface area contributed by atoms with Crippen molar-refractivity contribution in [3.8, 4) is 0 Å². The lowest BCUT2D eigenvalue weighted by molar-refractivity contribution is -0.122. The lowest BCUT2D eigenvalue weighted by Gasteiger charge is -2.26. The van der Waals surface area contributed by atoms with Gasteiger partial charge in [-0.05, 0) is 31.7 Å². The van der Waals surface area contributed by atoms with Gasteiger partial charge < -0.3 is 10.6 Å². The van der Waals surface area contributed by atoms with Gasteiger partial charge in [0.15, 0.2) is 0 Å². The molecule has 0 aromatic carbocycles. The van der Waals surface area contributed by atoms with Crippen molar-refractivity contribution in [1.82, 2.24) is 15.5 Å². The van der Waals surface area contributed by atoms with E-state index in [-0.39, 0.29) is 5.91 Å². The molecule has 1 heterocycles. The minimum atomic E-state index is 0.162. The molecule has 1 fully saturated rings. The van der Waals surface area contributed by atoms with Crippen LogP contribution in [-0.2, 0) is 4.79 Å². The van der Waals surface area contributed by atoms with E-state index in [1.54, 1.807) is 0 Å². The van der Waals surface area contributed by atoms with E-state index >= 15 is 0 Å². The average molecular weight is 255 g/mol. The fraction of sp³-hybridized carbons (Fsp3) is 0.929. The van der Waals surface area contributed by atoms with Crippen LogP contribution in [0, 0.1) is 5.92 Å². The van der Waals surface area contributed by atoms with Crippen LogP contribution in [0.15, 0.2) is 0 Å². The highest BCUT2D eigenvalue weighted by molar-refractivity contribution is 5.77. The van der Waals surface area contributed by atoms with E-state index in [9.17, 15) is 4.79 Å². The molecule has 0 bridgehead atoms. The van der Waals surface area contributed by atoms with Crippen LogP contribution < -0.4 is 10.6 Å². The van der Waals surface area contributed by atoms with Gasteiger partial charge in [-0.15, -0.1) is 0 Å². The van der Waals surface area contributed by atoms with E-state index in [0.717, 1.165) is 32.6 Å². The first-order valence-corrected chi connectivity index (χ1v) is 7.34. The Bertz CT molecular complexity index is 237. The fourth-order valence-corrected chi connectivity index (χ4v) is 2.47. The molecule has 2 N–H and O–H groups in total. The van der Waals surface area contributed by atoms with Crippen LogP contribution in [-0.4, -0.2) is 49.6 Å². The van der Waals surface area contributed by atoms with Gasteiger partial charge in [0.05, 0.1) is 6.54 Å². The summed E-state index contributed by atoms with van der Waals surface area (Å²) < 4.78 is 0. The van der Waals surface area contributed by atoms with Gasteiger partial charge in [0, 0.05) is 25.7 Å². The van der Waals surface area contributed by atoms with Crippen LogP contribution in [0.4, 0.5) is 0 Å². The summed E-state index contributed by atoms with van der Waals surface area (Å²) in [5, 5.41) is 6.46. The van der Waals surface area contributed by atoms with Gasteiger partial charge in [0.2, 0.25) is 5.91 Å². The lowest BCUT2D eigenvalue weighted by atomic mass is 10.1. The first kappa shape index (κ1) is 15.4. The molecule has 0 aromatic heterocycles.